The number of para-hydroxylation sites is 1. The van der Waals surface area contributed by atoms with E-state index in [1.165, 1.54) is 6.07 Å². The molecule has 33 heavy (non-hydrogen) atoms. The van der Waals surface area contributed by atoms with Crippen LogP contribution in [0.3, 0.4) is 0 Å². The van der Waals surface area contributed by atoms with Crippen molar-refractivity contribution in [1.29, 1.82) is 0 Å². The Hall–Kier alpha value is -4.46. The van der Waals surface area contributed by atoms with Crippen molar-refractivity contribution in [2.24, 2.45) is 0 Å². The van der Waals surface area contributed by atoms with Gasteiger partial charge >= 0.3 is 5.97 Å². The second-order valence-corrected chi connectivity index (χ2v) is 7.93. The Bertz CT molecular complexity index is 1590. The Morgan fingerprint density at radius 3 is 2.79 bits per heavy atom. The molecule has 0 fully saturated rings. The van der Waals surface area contributed by atoms with Crippen molar-refractivity contribution in [3.05, 3.63) is 87.7 Å². The van der Waals surface area contributed by atoms with Gasteiger partial charge in [0.1, 0.15) is 11.3 Å². The minimum atomic E-state index is -1.02. The van der Waals surface area contributed by atoms with Crippen molar-refractivity contribution in [3.8, 4) is 11.5 Å². The summed E-state index contributed by atoms with van der Waals surface area (Å²) in [6.07, 6.45) is 1.67. The lowest BCUT2D eigenvalue weighted by atomic mass is 10.0. The smallest absolute Gasteiger partial charge is 0.337 e. The summed E-state index contributed by atoms with van der Waals surface area (Å²) in [5.41, 5.74) is 3.65. The van der Waals surface area contributed by atoms with Gasteiger partial charge in [0, 0.05) is 22.7 Å². The Kier molecular flexibility index (Phi) is 4.90. The Balaban J connectivity index is 1.64. The molecule has 164 valence electrons. The number of pyridine rings is 1. The number of hydrogen-bond donors (Lipinski definition) is 3. The summed E-state index contributed by atoms with van der Waals surface area (Å²) in [5, 5.41) is 20.9. The number of rotatable bonds is 5. The van der Waals surface area contributed by atoms with Crippen molar-refractivity contribution >= 4 is 33.7 Å². The number of benzene rings is 2. The predicted octanol–water partition coefficient (Wildman–Crippen LogP) is 4.91. The van der Waals surface area contributed by atoms with Gasteiger partial charge in [-0.1, -0.05) is 18.2 Å². The van der Waals surface area contributed by atoms with Crippen molar-refractivity contribution < 1.29 is 14.3 Å². The minimum Gasteiger partial charge on any atom is -0.478 e. The zero-order valence-corrected chi connectivity index (χ0v) is 17.9. The largest absolute Gasteiger partial charge is 0.478 e. The number of aromatic carboxylic acids is 1. The van der Waals surface area contributed by atoms with Crippen LogP contribution in [-0.4, -0.2) is 26.3 Å². The zero-order valence-electron chi connectivity index (χ0n) is 17.9. The molecule has 8 heteroatoms. The molecule has 3 aromatic heterocycles. The van der Waals surface area contributed by atoms with Crippen LogP contribution in [-0.2, 0) is 0 Å². The van der Waals surface area contributed by atoms with Gasteiger partial charge in [0.15, 0.2) is 16.8 Å². The van der Waals surface area contributed by atoms with Crippen LogP contribution in [0.15, 0.2) is 70.0 Å². The highest BCUT2D eigenvalue weighted by Crippen LogP contribution is 2.31. The molecule has 0 saturated heterocycles. The number of H-pyrrole nitrogens is 1. The van der Waals surface area contributed by atoms with Gasteiger partial charge in [-0.05, 0) is 49.7 Å². The highest BCUT2D eigenvalue weighted by molar-refractivity contribution is 5.94. The highest BCUT2D eigenvalue weighted by Gasteiger charge is 2.19. The average Bonchev–Trinajstić information content (AvgIpc) is 3.27. The number of carbonyl (C=O) groups is 1. The molecule has 0 bridgehead atoms. The Morgan fingerprint density at radius 1 is 1.15 bits per heavy atom. The lowest BCUT2D eigenvalue weighted by Gasteiger charge is -2.19. The van der Waals surface area contributed by atoms with Crippen molar-refractivity contribution in [2.75, 3.05) is 5.32 Å². The molecule has 0 aliphatic rings. The van der Waals surface area contributed by atoms with Crippen molar-refractivity contribution in [3.63, 3.8) is 0 Å². The summed E-state index contributed by atoms with van der Waals surface area (Å²) in [5.74, 6) is -0.680. The molecule has 3 N–H and O–H groups in total. The summed E-state index contributed by atoms with van der Waals surface area (Å²) in [6.45, 7) is 3.80. The third-order valence-electron chi connectivity index (χ3n) is 5.55. The van der Waals surface area contributed by atoms with Gasteiger partial charge in [0.2, 0.25) is 0 Å². The number of carboxylic acid groups (broad SMARTS) is 1. The van der Waals surface area contributed by atoms with Crippen LogP contribution in [0, 0.1) is 6.92 Å². The predicted molar refractivity (Wildman–Crippen MR) is 126 cm³/mol. The number of aromatic nitrogens is 3. The molecular weight excluding hydrogens is 420 g/mol. The molecule has 8 nitrogen and oxygen atoms in total. The van der Waals surface area contributed by atoms with E-state index in [0.29, 0.717) is 33.8 Å². The summed E-state index contributed by atoms with van der Waals surface area (Å²) >= 11 is 0. The van der Waals surface area contributed by atoms with Gasteiger partial charge in [-0.25, -0.2) is 9.78 Å². The van der Waals surface area contributed by atoms with Crippen LogP contribution in [0.5, 0.6) is 0 Å². The molecule has 0 saturated carbocycles. The van der Waals surface area contributed by atoms with E-state index in [1.54, 1.807) is 42.6 Å². The molecule has 5 rings (SSSR count). The molecule has 0 spiro atoms. The standard InChI is InChI=1S/C25H20N4O4/c1-13-9-17(14(2)27-19-6-4-3-5-16(19)25(31)32)23-18(10-13)21(30)11-22(33-23)20-8-7-15-12-26-29-24(15)28-20/h3-12,14,27H,1-2H3,(H,31,32)(H,26,28,29). The monoisotopic (exact) mass is 440 g/mol. The van der Waals surface area contributed by atoms with Gasteiger partial charge in [-0.2, -0.15) is 5.10 Å². The molecule has 0 aliphatic heterocycles. The molecular formula is C25H20N4O4. The number of hydrogen-bond acceptors (Lipinski definition) is 6. The van der Waals surface area contributed by atoms with Crippen LogP contribution in [0.1, 0.15) is 34.5 Å². The van der Waals surface area contributed by atoms with E-state index in [-0.39, 0.29) is 17.0 Å². The number of nitrogens with one attached hydrogen (secondary N) is 2. The fourth-order valence-corrected chi connectivity index (χ4v) is 3.95. The molecule has 5 aromatic rings. The second kappa shape index (κ2) is 7.90. The van der Waals surface area contributed by atoms with Gasteiger partial charge in [0.05, 0.1) is 23.2 Å². The maximum atomic E-state index is 13.0. The van der Waals surface area contributed by atoms with Gasteiger partial charge in [-0.3, -0.25) is 9.89 Å². The van der Waals surface area contributed by atoms with Crippen LogP contribution in [0.25, 0.3) is 33.5 Å². The first-order chi connectivity index (χ1) is 15.9. The molecule has 1 unspecified atom stereocenters. The van der Waals surface area contributed by atoms with Crippen LogP contribution in [0.4, 0.5) is 5.69 Å². The maximum absolute atomic E-state index is 13.0. The van der Waals surface area contributed by atoms with E-state index >= 15 is 0 Å². The van der Waals surface area contributed by atoms with Crippen LogP contribution in [0.2, 0.25) is 0 Å². The number of nitrogens with zero attached hydrogens (tertiary/aromatic N) is 2. The summed E-state index contributed by atoms with van der Waals surface area (Å²) < 4.78 is 6.22. The number of aryl methyl sites for hydroxylation is 1. The number of carboxylic acids is 1. The highest BCUT2D eigenvalue weighted by atomic mass is 16.4. The summed E-state index contributed by atoms with van der Waals surface area (Å²) in [4.78, 5) is 29.1. The van der Waals surface area contributed by atoms with E-state index in [1.807, 2.05) is 26.0 Å². The zero-order chi connectivity index (χ0) is 23.1. The summed E-state index contributed by atoms with van der Waals surface area (Å²) in [7, 11) is 0. The van der Waals surface area contributed by atoms with Crippen LogP contribution < -0.4 is 10.7 Å². The minimum absolute atomic E-state index is 0.167. The van der Waals surface area contributed by atoms with E-state index in [4.69, 9.17) is 4.42 Å². The van der Waals surface area contributed by atoms with E-state index in [0.717, 1.165) is 16.5 Å². The molecule has 3 heterocycles. The van der Waals surface area contributed by atoms with Gasteiger partial charge in [0.25, 0.3) is 0 Å². The lowest BCUT2D eigenvalue weighted by molar-refractivity contribution is 0.0698. The Labute approximate surface area is 187 Å². The molecule has 0 amide bonds. The third kappa shape index (κ3) is 3.71. The fourth-order valence-electron chi connectivity index (χ4n) is 3.95. The molecule has 0 radical (unpaired) electrons. The van der Waals surface area contributed by atoms with Crippen LogP contribution >= 0.6 is 0 Å². The van der Waals surface area contributed by atoms with Crippen molar-refractivity contribution in [2.45, 2.75) is 19.9 Å². The van der Waals surface area contributed by atoms with Crippen molar-refractivity contribution in [1.82, 2.24) is 15.2 Å². The Morgan fingerprint density at radius 2 is 1.97 bits per heavy atom. The van der Waals surface area contributed by atoms with E-state index in [9.17, 15) is 14.7 Å². The third-order valence-corrected chi connectivity index (χ3v) is 5.55. The topological polar surface area (TPSA) is 121 Å². The maximum Gasteiger partial charge on any atom is 0.337 e. The number of aromatic amines is 1. The normalized spacial score (nSPS) is 12.2. The van der Waals surface area contributed by atoms with E-state index < -0.39 is 5.97 Å². The summed E-state index contributed by atoms with van der Waals surface area (Å²) in [6, 6.07) is 15.2. The van der Waals surface area contributed by atoms with Gasteiger partial charge < -0.3 is 14.8 Å². The number of anilines is 1. The first kappa shape index (κ1) is 20.4. The lowest BCUT2D eigenvalue weighted by Crippen LogP contribution is -2.12. The number of fused-ring (bicyclic) bond motifs is 2. The first-order valence-corrected chi connectivity index (χ1v) is 10.4. The SMILES string of the molecule is Cc1cc(C(C)Nc2ccccc2C(=O)O)c2oc(-c3ccc4cn[nH]c4n3)cc(=O)c2c1. The molecule has 1 atom stereocenters. The van der Waals surface area contributed by atoms with E-state index in [2.05, 4.69) is 20.5 Å². The second-order valence-electron chi connectivity index (χ2n) is 7.93. The molecule has 2 aromatic carbocycles. The average molecular weight is 440 g/mol. The van der Waals surface area contributed by atoms with Gasteiger partial charge in [-0.15, -0.1) is 0 Å². The molecule has 0 aliphatic carbocycles. The fraction of sp³-hybridized carbons (Fsp3) is 0.120. The quantitative estimate of drug-likeness (QED) is 0.355. The first-order valence-electron chi connectivity index (χ1n) is 10.4.